The first-order valence-electron chi connectivity index (χ1n) is 5.11. The van der Waals surface area contributed by atoms with E-state index in [0.29, 0.717) is 32.5 Å². The Hall–Kier alpha value is -1.36. The van der Waals surface area contributed by atoms with Crippen LogP contribution in [0, 0.1) is 0 Å². The van der Waals surface area contributed by atoms with Crippen LogP contribution in [0.15, 0.2) is 12.7 Å². The molecule has 0 rings (SSSR count). The number of hydrogen-bond donors (Lipinski definition) is 0. The van der Waals surface area contributed by atoms with Crippen molar-refractivity contribution in [2.75, 3.05) is 33.9 Å². The summed E-state index contributed by atoms with van der Waals surface area (Å²) < 4.78 is 9.08. The third-order valence-electron chi connectivity index (χ3n) is 2.11. The predicted octanol–water partition coefficient (Wildman–Crippen LogP) is 0.601. The van der Waals surface area contributed by atoms with Crippen LogP contribution in [-0.4, -0.2) is 50.7 Å². The third kappa shape index (κ3) is 7.00. The fourth-order valence-electron chi connectivity index (χ4n) is 1.18. The van der Waals surface area contributed by atoms with Gasteiger partial charge in [0.05, 0.1) is 27.1 Å². The Kier molecular flexibility index (Phi) is 8.15. The molecule has 0 aromatic rings. The van der Waals surface area contributed by atoms with Crippen molar-refractivity contribution in [2.45, 2.75) is 12.8 Å². The van der Waals surface area contributed by atoms with E-state index in [1.54, 1.807) is 6.08 Å². The molecular weight excluding hydrogens is 210 g/mol. The Bertz CT molecular complexity index is 220. The summed E-state index contributed by atoms with van der Waals surface area (Å²) in [7, 11) is 2.71. The first-order chi connectivity index (χ1) is 7.63. The quantitative estimate of drug-likeness (QED) is 0.450. The van der Waals surface area contributed by atoms with Crippen molar-refractivity contribution in [1.82, 2.24) is 4.90 Å². The lowest BCUT2D eigenvalue weighted by atomic mass is 10.3. The maximum absolute atomic E-state index is 10.9. The van der Waals surface area contributed by atoms with Gasteiger partial charge in [-0.1, -0.05) is 6.08 Å². The van der Waals surface area contributed by atoms with Gasteiger partial charge in [0.25, 0.3) is 0 Å². The molecule has 0 aromatic carbocycles. The van der Waals surface area contributed by atoms with E-state index in [1.807, 2.05) is 4.90 Å². The summed E-state index contributed by atoms with van der Waals surface area (Å²) in [4.78, 5) is 23.8. The molecule has 0 atom stereocenters. The number of esters is 2. The Morgan fingerprint density at radius 3 is 1.88 bits per heavy atom. The summed E-state index contributed by atoms with van der Waals surface area (Å²) in [6.07, 6.45) is 2.35. The van der Waals surface area contributed by atoms with Gasteiger partial charge < -0.3 is 9.47 Å². The highest BCUT2D eigenvalue weighted by molar-refractivity contribution is 5.70. The molecule has 5 heteroatoms. The summed E-state index contributed by atoms with van der Waals surface area (Å²) in [5.41, 5.74) is 0. The first kappa shape index (κ1) is 14.6. The van der Waals surface area contributed by atoms with Gasteiger partial charge in [-0.25, -0.2) is 0 Å². The lowest BCUT2D eigenvalue weighted by molar-refractivity contribution is -0.141. The normalized spacial score (nSPS) is 9.94. The molecule has 0 spiro atoms. The number of nitrogens with zero attached hydrogens (tertiary/aromatic N) is 1. The highest BCUT2D eigenvalue weighted by Crippen LogP contribution is 1.97. The molecule has 0 saturated carbocycles. The van der Waals surface area contributed by atoms with Crippen LogP contribution in [0.2, 0.25) is 0 Å². The number of ether oxygens (including phenoxy) is 2. The monoisotopic (exact) mass is 229 g/mol. The molecule has 0 unspecified atom stereocenters. The molecule has 0 amide bonds. The van der Waals surface area contributed by atoms with Crippen molar-refractivity contribution in [3.05, 3.63) is 12.7 Å². The second-order valence-electron chi connectivity index (χ2n) is 3.24. The molecule has 0 radical (unpaired) electrons. The van der Waals surface area contributed by atoms with Crippen molar-refractivity contribution < 1.29 is 19.1 Å². The second kappa shape index (κ2) is 8.91. The standard InChI is InChI=1S/C11H19NO4/c1-4-7-12(8-5-10(13)15-2)9-6-11(14)16-3/h4H,1,5-9H2,2-3H3. The summed E-state index contributed by atoms with van der Waals surface area (Å²) in [6.45, 7) is 5.36. The number of carbonyl (C=O) groups excluding carboxylic acids is 2. The summed E-state index contributed by atoms with van der Waals surface area (Å²) in [5, 5.41) is 0. The Morgan fingerprint density at radius 2 is 1.56 bits per heavy atom. The molecule has 0 aliphatic heterocycles. The minimum Gasteiger partial charge on any atom is -0.469 e. The Balaban J connectivity index is 3.91. The van der Waals surface area contributed by atoms with Gasteiger partial charge in [0.15, 0.2) is 0 Å². The molecule has 0 aliphatic rings. The van der Waals surface area contributed by atoms with Crippen LogP contribution in [0.5, 0.6) is 0 Å². The summed E-state index contributed by atoms with van der Waals surface area (Å²) in [6, 6.07) is 0. The zero-order valence-electron chi connectivity index (χ0n) is 9.90. The lowest BCUT2D eigenvalue weighted by Gasteiger charge is -2.19. The van der Waals surface area contributed by atoms with Crippen molar-refractivity contribution in [3.63, 3.8) is 0 Å². The molecule has 0 N–H and O–H groups in total. The molecule has 0 bridgehead atoms. The van der Waals surface area contributed by atoms with Gasteiger partial charge in [0, 0.05) is 19.6 Å². The molecule has 0 fully saturated rings. The van der Waals surface area contributed by atoms with Crippen molar-refractivity contribution >= 4 is 11.9 Å². The van der Waals surface area contributed by atoms with Crippen LogP contribution in [0.3, 0.4) is 0 Å². The first-order valence-corrected chi connectivity index (χ1v) is 5.11. The summed E-state index contributed by atoms with van der Waals surface area (Å²) in [5.74, 6) is -0.515. The van der Waals surface area contributed by atoms with E-state index in [0.717, 1.165) is 0 Å². The minimum absolute atomic E-state index is 0.257. The highest BCUT2D eigenvalue weighted by atomic mass is 16.5. The van der Waals surface area contributed by atoms with Gasteiger partial charge in [0.2, 0.25) is 0 Å². The largest absolute Gasteiger partial charge is 0.469 e. The Morgan fingerprint density at radius 1 is 1.12 bits per heavy atom. The SMILES string of the molecule is C=CCN(CCC(=O)OC)CCC(=O)OC. The van der Waals surface area contributed by atoms with E-state index < -0.39 is 0 Å². The van der Waals surface area contributed by atoms with Gasteiger partial charge in [-0.2, -0.15) is 0 Å². The molecular formula is C11H19NO4. The van der Waals surface area contributed by atoms with Crippen LogP contribution in [-0.2, 0) is 19.1 Å². The fraction of sp³-hybridized carbons (Fsp3) is 0.636. The van der Waals surface area contributed by atoms with Gasteiger partial charge in [-0.05, 0) is 0 Å². The second-order valence-corrected chi connectivity index (χ2v) is 3.24. The van der Waals surface area contributed by atoms with E-state index in [2.05, 4.69) is 16.1 Å². The summed E-state index contributed by atoms with van der Waals surface area (Å²) >= 11 is 0. The number of carbonyl (C=O) groups is 2. The molecule has 16 heavy (non-hydrogen) atoms. The van der Waals surface area contributed by atoms with Gasteiger partial charge in [0.1, 0.15) is 0 Å². The van der Waals surface area contributed by atoms with Crippen LogP contribution < -0.4 is 0 Å². The van der Waals surface area contributed by atoms with E-state index in [1.165, 1.54) is 14.2 Å². The van der Waals surface area contributed by atoms with E-state index >= 15 is 0 Å². The van der Waals surface area contributed by atoms with Crippen molar-refractivity contribution in [3.8, 4) is 0 Å². The molecule has 0 heterocycles. The molecule has 0 aromatic heterocycles. The maximum atomic E-state index is 10.9. The van der Waals surface area contributed by atoms with Crippen molar-refractivity contribution in [1.29, 1.82) is 0 Å². The van der Waals surface area contributed by atoms with Gasteiger partial charge >= 0.3 is 11.9 Å². The smallest absolute Gasteiger partial charge is 0.306 e. The van der Waals surface area contributed by atoms with Crippen molar-refractivity contribution in [2.24, 2.45) is 0 Å². The molecule has 0 saturated heterocycles. The molecule has 5 nitrogen and oxygen atoms in total. The number of hydrogen-bond acceptors (Lipinski definition) is 5. The fourth-order valence-corrected chi connectivity index (χ4v) is 1.18. The number of rotatable bonds is 8. The van der Waals surface area contributed by atoms with Crippen LogP contribution in [0.4, 0.5) is 0 Å². The van der Waals surface area contributed by atoms with Gasteiger partial charge in [-0.3, -0.25) is 14.5 Å². The highest BCUT2D eigenvalue weighted by Gasteiger charge is 2.09. The number of methoxy groups -OCH3 is 2. The predicted molar refractivity (Wildman–Crippen MR) is 59.9 cm³/mol. The van der Waals surface area contributed by atoms with E-state index in [9.17, 15) is 9.59 Å². The molecule has 92 valence electrons. The van der Waals surface area contributed by atoms with Crippen LogP contribution in [0.1, 0.15) is 12.8 Å². The Labute approximate surface area is 96.0 Å². The molecule has 0 aliphatic carbocycles. The maximum Gasteiger partial charge on any atom is 0.306 e. The zero-order chi connectivity index (χ0) is 12.4. The van der Waals surface area contributed by atoms with Crippen LogP contribution in [0.25, 0.3) is 0 Å². The lowest BCUT2D eigenvalue weighted by Crippen LogP contribution is -2.29. The van der Waals surface area contributed by atoms with Gasteiger partial charge in [-0.15, -0.1) is 6.58 Å². The average molecular weight is 229 g/mol. The minimum atomic E-state index is -0.257. The topological polar surface area (TPSA) is 55.8 Å². The average Bonchev–Trinajstić information content (AvgIpc) is 2.31. The van der Waals surface area contributed by atoms with E-state index in [-0.39, 0.29) is 11.9 Å². The third-order valence-corrected chi connectivity index (χ3v) is 2.11. The van der Waals surface area contributed by atoms with Crippen LogP contribution >= 0.6 is 0 Å². The zero-order valence-corrected chi connectivity index (χ0v) is 9.90. The van der Waals surface area contributed by atoms with E-state index in [4.69, 9.17) is 0 Å².